The highest BCUT2D eigenvalue weighted by atomic mass is 35.5. The Morgan fingerprint density at radius 2 is 2.12 bits per heavy atom. The number of aliphatic hydroxyl groups is 1. The second-order valence-corrected chi connectivity index (χ2v) is 3.94. The summed E-state index contributed by atoms with van der Waals surface area (Å²) in [4.78, 5) is 16.0. The van der Waals surface area contributed by atoms with Crippen LogP contribution in [0.2, 0.25) is 10.3 Å². The molecule has 0 saturated carbocycles. The molecule has 0 unspecified atom stereocenters. The van der Waals surface area contributed by atoms with Crippen molar-refractivity contribution in [3.8, 4) is 0 Å². The van der Waals surface area contributed by atoms with Crippen LogP contribution in [0.1, 0.15) is 0 Å². The van der Waals surface area contributed by atoms with Crippen LogP contribution in [-0.2, 0) is 6.54 Å². The standard InChI is InChI=1S/C10H8Cl2N2O2/c11-7-3-1-2-6-8(7)13-10(12)14(4-5-15)9(6)16/h1-3,15H,4-5H2. The predicted octanol–water partition coefficient (Wildman–Crippen LogP) is 1.70. The molecule has 2 aromatic rings. The first-order chi connectivity index (χ1) is 7.65. The number of nitrogens with zero attached hydrogens (tertiary/aromatic N) is 2. The third-order valence-corrected chi connectivity index (χ3v) is 2.81. The maximum Gasteiger partial charge on any atom is 0.262 e. The van der Waals surface area contributed by atoms with Gasteiger partial charge in [0.05, 0.1) is 29.1 Å². The summed E-state index contributed by atoms with van der Waals surface area (Å²) in [6, 6.07) is 4.94. The second kappa shape index (κ2) is 4.41. The predicted molar refractivity (Wildman–Crippen MR) is 63.1 cm³/mol. The molecule has 2 rings (SSSR count). The number of hydrogen-bond acceptors (Lipinski definition) is 3. The Bertz CT molecular complexity index is 595. The fraction of sp³-hybridized carbons (Fsp3) is 0.200. The van der Waals surface area contributed by atoms with Crippen LogP contribution in [-0.4, -0.2) is 21.3 Å². The summed E-state index contributed by atoms with van der Waals surface area (Å²) >= 11 is 11.8. The molecule has 6 heteroatoms. The first-order valence-electron chi connectivity index (χ1n) is 4.60. The van der Waals surface area contributed by atoms with Crippen LogP contribution in [0, 0.1) is 0 Å². The van der Waals surface area contributed by atoms with Crippen molar-refractivity contribution < 1.29 is 5.11 Å². The number of aromatic nitrogens is 2. The van der Waals surface area contributed by atoms with Crippen LogP contribution >= 0.6 is 23.2 Å². The lowest BCUT2D eigenvalue weighted by Gasteiger charge is -2.07. The Morgan fingerprint density at radius 3 is 2.81 bits per heavy atom. The van der Waals surface area contributed by atoms with Gasteiger partial charge in [-0.2, -0.15) is 0 Å². The Labute approximate surface area is 101 Å². The van der Waals surface area contributed by atoms with Crippen LogP contribution in [0.4, 0.5) is 0 Å². The van der Waals surface area contributed by atoms with E-state index >= 15 is 0 Å². The van der Waals surface area contributed by atoms with Gasteiger partial charge in [-0.1, -0.05) is 17.7 Å². The highest BCUT2D eigenvalue weighted by molar-refractivity contribution is 6.35. The van der Waals surface area contributed by atoms with Crippen molar-refractivity contribution in [2.24, 2.45) is 0 Å². The van der Waals surface area contributed by atoms with Crippen LogP contribution in [0.15, 0.2) is 23.0 Å². The molecule has 0 aliphatic heterocycles. The molecule has 0 radical (unpaired) electrons. The lowest BCUT2D eigenvalue weighted by atomic mass is 10.2. The van der Waals surface area contributed by atoms with E-state index in [1.54, 1.807) is 18.2 Å². The zero-order valence-electron chi connectivity index (χ0n) is 8.15. The van der Waals surface area contributed by atoms with Crippen LogP contribution < -0.4 is 5.56 Å². The van der Waals surface area contributed by atoms with Gasteiger partial charge in [-0.15, -0.1) is 0 Å². The first kappa shape index (κ1) is 11.4. The molecule has 84 valence electrons. The Kier molecular flexibility index (Phi) is 3.14. The number of hydrogen-bond donors (Lipinski definition) is 1. The molecular formula is C10H8Cl2N2O2. The second-order valence-electron chi connectivity index (χ2n) is 3.20. The van der Waals surface area contributed by atoms with Gasteiger partial charge < -0.3 is 5.11 Å². The molecule has 0 bridgehead atoms. The number of rotatable bonds is 2. The van der Waals surface area contributed by atoms with E-state index in [0.717, 1.165) is 0 Å². The van der Waals surface area contributed by atoms with E-state index in [9.17, 15) is 4.79 Å². The average Bonchev–Trinajstić information content (AvgIpc) is 2.26. The van der Waals surface area contributed by atoms with Gasteiger partial charge in [0.1, 0.15) is 0 Å². The molecule has 16 heavy (non-hydrogen) atoms. The smallest absolute Gasteiger partial charge is 0.262 e. The zero-order chi connectivity index (χ0) is 11.7. The van der Waals surface area contributed by atoms with E-state index in [1.165, 1.54) is 4.57 Å². The third kappa shape index (κ3) is 1.80. The van der Waals surface area contributed by atoms with Gasteiger partial charge in [-0.3, -0.25) is 9.36 Å². The van der Waals surface area contributed by atoms with E-state index in [0.29, 0.717) is 15.9 Å². The molecule has 0 aliphatic carbocycles. The fourth-order valence-electron chi connectivity index (χ4n) is 1.48. The topological polar surface area (TPSA) is 55.1 Å². The first-order valence-corrected chi connectivity index (χ1v) is 5.36. The minimum absolute atomic E-state index is 0.0275. The number of fused-ring (bicyclic) bond motifs is 1. The van der Waals surface area contributed by atoms with E-state index in [-0.39, 0.29) is 24.0 Å². The quantitative estimate of drug-likeness (QED) is 0.835. The monoisotopic (exact) mass is 258 g/mol. The minimum atomic E-state index is -0.299. The van der Waals surface area contributed by atoms with E-state index in [4.69, 9.17) is 28.3 Å². The summed E-state index contributed by atoms with van der Waals surface area (Å²) in [5.74, 6) is 0. The molecule has 0 saturated heterocycles. The van der Waals surface area contributed by atoms with E-state index in [1.807, 2.05) is 0 Å². The van der Waals surface area contributed by atoms with Crippen molar-refractivity contribution in [1.29, 1.82) is 0 Å². The number of halogens is 2. The van der Waals surface area contributed by atoms with Crippen LogP contribution in [0.5, 0.6) is 0 Å². The molecule has 1 aromatic heterocycles. The third-order valence-electron chi connectivity index (χ3n) is 2.21. The maximum absolute atomic E-state index is 12.0. The van der Waals surface area contributed by atoms with Crippen molar-refractivity contribution in [3.63, 3.8) is 0 Å². The van der Waals surface area contributed by atoms with Gasteiger partial charge in [0.15, 0.2) is 0 Å². The van der Waals surface area contributed by atoms with Crippen molar-refractivity contribution >= 4 is 34.1 Å². The van der Waals surface area contributed by atoms with Crippen molar-refractivity contribution in [2.75, 3.05) is 6.61 Å². The number of aliphatic hydroxyl groups excluding tert-OH is 1. The summed E-state index contributed by atoms with van der Waals surface area (Å²) in [6.07, 6.45) is 0. The lowest BCUT2D eigenvalue weighted by Crippen LogP contribution is -2.23. The maximum atomic E-state index is 12.0. The summed E-state index contributed by atoms with van der Waals surface area (Å²) < 4.78 is 1.21. The molecular weight excluding hydrogens is 251 g/mol. The number of para-hydroxylation sites is 1. The van der Waals surface area contributed by atoms with Crippen molar-refractivity contribution in [2.45, 2.75) is 6.54 Å². The van der Waals surface area contributed by atoms with Gasteiger partial charge in [0.2, 0.25) is 5.28 Å². The molecule has 0 aliphatic rings. The van der Waals surface area contributed by atoms with Gasteiger partial charge in [-0.05, 0) is 23.7 Å². The summed E-state index contributed by atoms with van der Waals surface area (Å²) in [7, 11) is 0. The summed E-state index contributed by atoms with van der Waals surface area (Å²) in [6.45, 7) is -0.0551. The molecule has 0 spiro atoms. The van der Waals surface area contributed by atoms with E-state index < -0.39 is 0 Å². The molecule has 0 amide bonds. The molecule has 0 fully saturated rings. The zero-order valence-corrected chi connectivity index (χ0v) is 9.66. The molecule has 0 atom stereocenters. The van der Waals surface area contributed by atoms with Gasteiger partial charge >= 0.3 is 0 Å². The largest absolute Gasteiger partial charge is 0.395 e. The normalized spacial score (nSPS) is 10.9. The van der Waals surface area contributed by atoms with E-state index in [2.05, 4.69) is 4.98 Å². The van der Waals surface area contributed by atoms with Gasteiger partial charge in [0, 0.05) is 0 Å². The highest BCUT2D eigenvalue weighted by Gasteiger charge is 2.10. The van der Waals surface area contributed by atoms with Crippen molar-refractivity contribution in [3.05, 3.63) is 38.9 Å². The Morgan fingerprint density at radius 1 is 1.38 bits per heavy atom. The number of benzene rings is 1. The molecule has 1 N–H and O–H groups in total. The lowest BCUT2D eigenvalue weighted by molar-refractivity contribution is 0.274. The van der Waals surface area contributed by atoms with Gasteiger partial charge in [0.25, 0.3) is 5.56 Å². The minimum Gasteiger partial charge on any atom is -0.395 e. The molecule has 4 nitrogen and oxygen atoms in total. The van der Waals surface area contributed by atoms with Crippen molar-refractivity contribution in [1.82, 2.24) is 9.55 Å². The summed E-state index contributed by atoms with van der Waals surface area (Å²) in [5, 5.41) is 9.63. The highest BCUT2D eigenvalue weighted by Crippen LogP contribution is 2.20. The molecule has 1 heterocycles. The van der Waals surface area contributed by atoms with Gasteiger partial charge in [-0.25, -0.2) is 4.98 Å². The Balaban J connectivity index is 2.84. The van der Waals surface area contributed by atoms with Crippen LogP contribution in [0.3, 0.4) is 0 Å². The fourth-order valence-corrected chi connectivity index (χ4v) is 1.94. The molecule has 1 aromatic carbocycles. The summed E-state index contributed by atoms with van der Waals surface area (Å²) in [5.41, 5.74) is 0.0832. The average molecular weight is 259 g/mol. The Hall–Kier alpha value is -1.10. The SMILES string of the molecule is O=c1c2cccc(Cl)c2nc(Cl)n1CCO. The van der Waals surface area contributed by atoms with Crippen LogP contribution in [0.25, 0.3) is 10.9 Å².